The highest BCUT2D eigenvalue weighted by atomic mass is 35.5. The summed E-state index contributed by atoms with van der Waals surface area (Å²) in [6.45, 7) is -0.671. The summed E-state index contributed by atoms with van der Waals surface area (Å²) in [7, 11) is -1.66. The fraction of sp³-hybridized carbons (Fsp3) is 0.154. The topological polar surface area (TPSA) is 82.9 Å². The van der Waals surface area contributed by atoms with Gasteiger partial charge in [0.2, 0.25) is 0 Å². The van der Waals surface area contributed by atoms with Gasteiger partial charge in [-0.05, 0) is 19.1 Å². The Labute approximate surface area is 132 Å². The number of aliphatic hydroxyl groups is 1. The van der Waals surface area contributed by atoms with Crippen LogP contribution in [0, 0.1) is 6.92 Å². The molecule has 0 aliphatic carbocycles. The molecule has 9 heteroatoms. The average Bonchev–Trinajstić information content (AvgIpc) is 3.01. The first-order valence-electron chi connectivity index (χ1n) is 6.29. The van der Waals surface area contributed by atoms with Crippen LogP contribution in [0.25, 0.3) is 10.9 Å². The summed E-state index contributed by atoms with van der Waals surface area (Å²) in [4.78, 5) is 3.47. The van der Waals surface area contributed by atoms with Gasteiger partial charge in [-0.2, -0.15) is 14.2 Å². The Morgan fingerprint density at radius 3 is 3.00 bits per heavy atom. The Morgan fingerprint density at radius 1 is 1.50 bits per heavy atom. The van der Waals surface area contributed by atoms with Crippen molar-refractivity contribution in [3.63, 3.8) is 0 Å². The molecular formula is C13H12ClFN4O2S. The zero-order valence-corrected chi connectivity index (χ0v) is 13.0. The normalized spacial score (nSPS) is 14.2. The van der Waals surface area contributed by atoms with Crippen LogP contribution < -0.4 is 4.72 Å². The van der Waals surface area contributed by atoms with Crippen LogP contribution in [0.4, 0.5) is 10.2 Å². The molecule has 0 fully saturated rings. The molecule has 0 spiro atoms. The van der Waals surface area contributed by atoms with Gasteiger partial charge in [0.05, 0.1) is 10.6 Å². The van der Waals surface area contributed by atoms with E-state index in [0.29, 0.717) is 15.6 Å². The lowest BCUT2D eigenvalue weighted by Crippen LogP contribution is -2.12. The van der Waals surface area contributed by atoms with Gasteiger partial charge in [0, 0.05) is 28.2 Å². The number of rotatable bonds is 4. The maximum absolute atomic E-state index is 13.1. The fourth-order valence-corrected chi connectivity index (χ4v) is 3.30. The summed E-state index contributed by atoms with van der Waals surface area (Å²) in [5.41, 5.74) is 1.23. The van der Waals surface area contributed by atoms with Crippen LogP contribution in [0.15, 0.2) is 35.4 Å². The second kappa shape index (κ2) is 5.71. The van der Waals surface area contributed by atoms with Gasteiger partial charge >= 0.3 is 0 Å². The first-order chi connectivity index (χ1) is 10.5. The second-order valence-corrected chi connectivity index (χ2v) is 6.26. The number of halogens is 2. The maximum atomic E-state index is 13.1. The van der Waals surface area contributed by atoms with Crippen LogP contribution in [0.2, 0.25) is 5.02 Å². The number of hydrogen-bond acceptors (Lipinski definition) is 3. The number of aliphatic hydroxyl groups excluding tert-OH is 1. The second-order valence-electron chi connectivity index (χ2n) is 4.64. The third kappa shape index (κ3) is 2.72. The number of alkyl halides is 1. The fourth-order valence-electron chi connectivity index (χ4n) is 2.13. The van der Waals surface area contributed by atoms with Crippen LogP contribution in [0.3, 0.4) is 0 Å². The average molecular weight is 343 g/mol. The molecule has 6 nitrogen and oxygen atoms in total. The van der Waals surface area contributed by atoms with E-state index in [1.165, 1.54) is 6.07 Å². The monoisotopic (exact) mass is 342 g/mol. The predicted molar refractivity (Wildman–Crippen MR) is 82.7 cm³/mol. The number of nitrogens with zero attached hydrogens (tertiary/aromatic N) is 2. The number of aryl methyl sites for hydroxylation is 1. The summed E-state index contributed by atoms with van der Waals surface area (Å²) in [5.74, 6) is 0.120. The molecule has 0 saturated heterocycles. The lowest BCUT2D eigenvalue weighted by molar-refractivity contribution is -0.0342. The van der Waals surface area contributed by atoms with Crippen LogP contribution >= 0.6 is 11.6 Å². The Morgan fingerprint density at radius 2 is 2.27 bits per heavy atom. The van der Waals surface area contributed by atoms with Crippen molar-refractivity contribution >= 4 is 39.3 Å². The Bertz CT molecular complexity index is 861. The molecule has 3 rings (SSSR count). The van der Waals surface area contributed by atoms with Gasteiger partial charge in [-0.15, -0.1) is 0 Å². The molecular weight excluding hydrogens is 331 g/mol. The molecule has 2 unspecified atom stereocenters. The van der Waals surface area contributed by atoms with E-state index in [9.17, 15) is 8.60 Å². The summed E-state index contributed by atoms with van der Waals surface area (Å²) < 4.78 is 28.9. The van der Waals surface area contributed by atoms with E-state index in [-0.39, 0.29) is 5.82 Å². The number of fused-ring (bicyclic) bond motifs is 1. The number of benzene rings is 1. The highest BCUT2D eigenvalue weighted by Gasteiger charge is 2.17. The van der Waals surface area contributed by atoms with Crippen LogP contribution in [0.5, 0.6) is 0 Å². The molecule has 2 atom stereocenters. The van der Waals surface area contributed by atoms with Crippen molar-refractivity contribution < 1.29 is 13.7 Å². The van der Waals surface area contributed by atoms with Gasteiger partial charge in [-0.25, -0.2) is 4.21 Å². The SMILES string of the molecule is Cc1cc(NS(=O)c2c[nH]c3cc(Cl)ccc23)n(C(O)F)n1. The minimum atomic E-state index is -2.31. The highest BCUT2D eigenvalue weighted by Crippen LogP contribution is 2.26. The van der Waals surface area contributed by atoms with E-state index < -0.39 is 17.5 Å². The van der Waals surface area contributed by atoms with Gasteiger partial charge in [0.25, 0.3) is 6.48 Å². The first-order valence-corrected chi connectivity index (χ1v) is 7.82. The predicted octanol–water partition coefficient (Wildman–Crippen LogP) is 2.88. The largest absolute Gasteiger partial charge is 0.360 e. The van der Waals surface area contributed by atoms with Gasteiger partial charge in [0.15, 0.2) is 11.0 Å². The molecule has 0 amide bonds. The number of aromatic amines is 1. The quantitative estimate of drug-likeness (QED) is 0.681. The lowest BCUT2D eigenvalue weighted by atomic mass is 10.2. The molecule has 0 saturated carbocycles. The molecule has 22 heavy (non-hydrogen) atoms. The number of aromatic nitrogens is 3. The summed E-state index contributed by atoms with van der Waals surface area (Å²) in [6.07, 6.45) is 1.59. The number of H-pyrrole nitrogens is 1. The minimum Gasteiger partial charge on any atom is -0.360 e. The Balaban J connectivity index is 1.94. The number of nitrogens with one attached hydrogen (secondary N) is 2. The van der Waals surface area contributed by atoms with Crippen LogP contribution in [-0.4, -0.2) is 24.1 Å². The molecule has 116 valence electrons. The number of anilines is 1. The van der Waals surface area contributed by atoms with Crippen molar-refractivity contribution in [2.24, 2.45) is 0 Å². The van der Waals surface area contributed by atoms with E-state index in [0.717, 1.165) is 15.6 Å². The molecule has 2 heterocycles. The van der Waals surface area contributed by atoms with Crippen molar-refractivity contribution in [3.8, 4) is 0 Å². The molecule has 0 aliphatic heterocycles. The maximum Gasteiger partial charge on any atom is 0.296 e. The van der Waals surface area contributed by atoms with Crippen molar-refractivity contribution in [1.82, 2.24) is 14.8 Å². The van der Waals surface area contributed by atoms with E-state index in [1.807, 2.05) is 0 Å². The molecule has 0 aliphatic rings. The third-order valence-corrected chi connectivity index (χ3v) is 4.43. The van der Waals surface area contributed by atoms with Crippen LogP contribution in [0.1, 0.15) is 12.2 Å². The zero-order valence-electron chi connectivity index (χ0n) is 11.4. The van der Waals surface area contributed by atoms with Crippen molar-refractivity contribution in [3.05, 3.63) is 41.2 Å². The summed E-state index contributed by atoms with van der Waals surface area (Å²) in [5, 5.41) is 14.1. The first kappa shape index (κ1) is 15.0. The van der Waals surface area contributed by atoms with E-state index in [1.54, 1.807) is 31.3 Å². The third-order valence-electron chi connectivity index (χ3n) is 3.06. The smallest absolute Gasteiger partial charge is 0.296 e. The van der Waals surface area contributed by atoms with Crippen molar-refractivity contribution in [2.75, 3.05) is 4.72 Å². The Kier molecular flexibility index (Phi) is 3.90. The molecule has 3 N–H and O–H groups in total. The molecule has 1 aromatic carbocycles. The Hall–Kier alpha value is -1.90. The zero-order chi connectivity index (χ0) is 15.9. The summed E-state index contributed by atoms with van der Waals surface area (Å²) in [6, 6.07) is 6.65. The standard InChI is InChI=1S/C13H12ClFN4O2S/c1-7-4-12(19(17-7)13(15)20)18-22(21)11-6-16-10-5-8(14)2-3-9(10)11/h2-6,13,16,18,20H,1H3. The van der Waals surface area contributed by atoms with Gasteiger partial charge in [-0.3, -0.25) is 4.72 Å². The van der Waals surface area contributed by atoms with E-state index in [4.69, 9.17) is 16.7 Å². The van der Waals surface area contributed by atoms with Gasteiger partial charge in [0.1, 0.15) is 5.82 Å². The molecule has 3 aromatic rings. The minimum absolute atomic E-state index is 0.120. The van der Waals surface area contributed by atoms with Crippen LogP contribution in [-0.2, 0) is 11.0 Å². The van der Waals surface area contributed by atoms with E-state index in [2.05, 4.69) is 14.8 Å². The lowest BCUT2D eigenvalue weighted by Gasteiger charge is -2.08. The molecule has 0 bridgehead atoms. The highest BCUT2D eigenvalue weighted by molar-refractivity contribution is 7.86. The molecule has 2 aromatic heterocycles. The van der Waals surface area contributed by atoms with E-state index >= 15 is 0 Å². The molecule has 0 radical (unpaired) electrons. The summed E-state index contributed by atoms with van der Waals surface area (Å²) >= 11 is 5.90. The van der Waals surface area contributed by atoms with Gasteiger partial charge in [-0.1, -0.05) is 17.7 Å². The van der Waals surface area contributed by atoms with Crippen molar-refractivity contribution in [2.45, 2.75) is 18.3 Å². The van der Waals surface area contributed by atoms with Gasteiger partial charge < -0.3 is 10.1 Å². The number of hydrogen-bond donors (Lipinski definition) is 3. The van der Waals surface area contributed by atoms with Crippen molar-refractivity contribution in [1.29, 1.82) is 0 Å².